The van der Waals surface area contributed by atoms with E-state index in [-0.39, 0.29) is 12.1 Å². The molecule has 2 rings (SSSR count). The summed E-state index contributed by atoms with van der Waals surface area (Å²) >= 11 is 3.37. The van der Waals surface area contributed by atoms with Crippen molar-refractivity contribution in [3.8, 4) is 0 Å². The molecule has 0 amide bonds. The van der Waals surface area contributed by atoms with Crippen molar-refractivity contribution in [3.63, 3.8) is 0 Å². The molecule has 0 saturated heterocycles. The third-order valence-corrected chi connectivity index (χ3v) is 8.80. The van der Waals surface area contributed by atoms with Crippen LogP contribution in [0.25, 0.3) is 0 Å². The molecule has 0 atom stereocenters. The molecule has 1 aliphatic rings. The molecule has 0 radical (unpaired) electrons. The van der Waals surface area contributed by atoms with Crippen molar-refractivity contribution >= 4 is 26.0 Å². The molecule has 0 N–H and O–H groups in total. The van der Waals surface area contributed by atoms with Crippen LogP contribution < -0.4 is 0 Å². The third kappa shape index (κ3) is 7.75. The van der Waals surface area contributed by atoms with E-state index in [1.807, 2.05) is 12.1 Å². The Labute approximate surface area is 191 Å². The lowest BCUT2D eigenvalue weighted by Gasteiger charge is -2.34. The van der Waals surface area contributed by atoms with Crippen LogP contribution >= 0.6 is 15.9 Å². The first kappa shape index (κ1) is 25.5. The molecule has 1 aromatic rings. The van der Waals surface area contributed by atoms with Crippen LogP contribution in [0.2, 0.25) is 0 Å². The van der Waals surface area contributed by atoms with Gasteiger partial charge in [0, 0.05) is 30.7 Å². The number of nitrogens with zero attached hydrogens (tertiary/aromatic N) is 2. The standard InChI is InChI=1S/C23H37BrN2O3S/c1-4-17-25(2)18-9-5-6-10-19-29-21-15-13-20(14-16-21)26(3)30(27,28)23-12-8-7-11-22(23)24/h4,7-8,11-12,20-21H,1,5-6,9-10,13-19H2,2-3H3/t20-,21-. The summed E-state index contributed by atoms with van der Waals surface area (Å²) in [4.78, 5) is 2.62. The van der Waals surface area contributed by atoms with Crippen molar-refractivity contribution in [1.82, 2.24) is 9.21 Å². The quantitative estimate of drug-likeness (QED) is 0.280. The molecular weight excluding hydrogens is 464 g/mol. The number of hydrogen-bond acceptors (Lipinski definition) is 4. The van der Waals surface area contributed by atoms with Crippen molar-refractivity contribution in [3.05, 3.63) is 41.4 Å². The second kappa shape index (κ2) is 13.0. The van der Waals surface area contributed by atoms with Gasteiger partial charge in [-0.1, -0.05) is 31.1 Å². The van der Waals surface area contributed by atoms with Gasteiger partial charge in [-0.05, 0) is 80.2 Å². The van der Waals surface area contributed by atoms with Crippen molar-refractivity contribution in [1.29, 1.82) is 0 Å². The molecule has 0 aromatic heterocycles. The highest BCUT2D eigenvalue weighted by atomic mass is 79.9. The summed E-state index contributed by atoms with van der Waals surface area (Å²) in [5, 5.41) is 0. The van der Waals surface area contributed by atoms with E-state index in [9.17, 15) is 8.42 Å². The Morgan fingerprint density at radius 1 is 1.10 bits per heavy atom. The second-order valence-corrected chi connectivity index (χ2v) is 11.0. The van der Waals surface area contributed by atoms with Gasteiger partial charge in [0.1, 0.15) is 0 Å². The molecule has 7 heteroatoms. The largest absolute Gasteiger partial charge is 0.378 e. The normalized spacial score (nSPS) is 20.0. The van der Waals surface area contributed by atoms with E-state index >= 15 is 0 Å². The fourth-order valence-electron chi connectivity index (χ4n) is 3.98. The van der Waals surface area contributed by atoms with E-state index in [2.05, 4.69) is 34.5 Å². The Morgan fingerprint density at radius 3 is 2.43 bits per heavy atom. The zero-order chi connectivity index (χ0) is 22.0. The van der Waals surface area contributed by atoms with Gasteiger partial charge in [-0.3, -0.25) is 0 Å². The fourth-order valence-corrected chi connectivity index (χ4v) is 6.36. The summed E-state index contributed by atoms with van der Waals surface area (Å²) in [6, 6.07) is 7.05. The molecule has 170 valence electrons. The first-order valence-electron chi connectivity index (χ1n) is 11.0. The van der Waals surface area contributed by atoms with Gasteiger partial charge in [-0.25, -0.2) is 8.42 Å². The molecule has 1 aromatic carbocycles. The smallest absolute Gasteiger partial charge is 0.244 e. The van der Waals surface area contributed by atoms with Gasteiger partial charge in [0.25, 0.3) is 0 Å². The van der Waals surface area contributed by atoms with E-state index < -0.39 is 10.0 Å². The topological polar surface area (TPSA) is 49.9 Å². The van der Waals surface area contributed by atoms with E-state index in [1.165, 1.54) is 19.3 Å². The Morgan fingerprint density at radius 2 is 1.77 bits per heavy atom. The summed E-state index contributed by atoms with van der Waals surface area (Å²) < 4.78 is 34.2. The highest BCUT2D eigenvalue weighted by Crippen LogP contribution is 2.30. The minimum Gasteiger partial charge on any atom is -0.378 e. The highest BCUT2D eigenvalue weighted by Gasteiger charge is 2.32. The van der Waals surface area contributed by atoms with Gasteiger partial charge in [-0.2, -0.15) is 4.31 Å². The summed E-state index contributed by atoms with van der Waals surface area (Å²) in [6.07, 6.45) is 10.5. The van der Waals surface area contributed by atoms with E-state index in [1.54, 1.807) is 29.6 Å². The summed E-state index contributed by atoms with van der Waals surface area (Å²) in [5.74, 6) is 0. The maximum Gasteiger partial charge on any atom is 0.244 e. The van der Waals surface area contributed by atoms with Crippen LogP contribution in [-0.4, -0.2) is 63.6 Å². The number of unbranched alkanes of at least 4 members (excludes halogenated alkanes) is 3. The molecule has 1 fully saturated rings. The lowest BCUT2D eigenvalue weighted by Crippen LogP contribution is -2.40. The van der Waals surface area contributed by atoms with Crippen molar-refractivity contribution < 1.29 is 13.2 Å². The van der Waals surface area contributed by atoms with Crippen LogP contribution in [0.3, 0.4) is 0 Å². The Balaban J connectivity index is 1.65. The van der Waals surface area contributed by atoms with Crippen molar-refractivity contribution in [2.24, 2.45) is 0 Å². The van der Waals surface area contributed by atoms with Crippen LogP contribution in [0.1, 0.15) is 51.4 Å². The van der Waals surface area contributed by atoms with Crippen LogP contribution in [0.5, 0.6) is 0 Å². The van der Waals surface area contributed by atoms with Crippen LogP contribution in [-0.2, 0) is 14.8 Å². The van der Waals surface area contributed by atoms with Crippen molar-refractivity contribution in [2.75, 3.05) is 33.8 Å². The Hall–Kier alpha value is -0.730. The molecule has 30 heavy (non-hydrogen) atoms. The van der Waals surface area contributed by atoms with Crippen LogP contribution in [0, 0.1) is 0 Å². The monoisotopic (exact) mass is 500 g/mol. The zero-order valence-corrected chi connectivity index (χ0v) is 20.8. The number of ether oxygens (including phenoxy) is 1. The van der Waals surface area contributed by atoms with Crippen molar-refractivity contribution in [2.45, 2.75) is 68.4 Å². The van der Waals surface area contributed by atoms with Crippen LogP contribution in [0.4, 0.5) is 0 Å². The number of likely N-dealkylation sites (N-methyl/N-ethyl adjacent to an activating group) is 1. The Kier molecular flexibility index (Phi) is 11.0. The van der Waals surface area contributed by atoms with Gasteiger partial charge in [0.2, 0.25) is 10.0 Å². The lowest BCUT2D eigenvalue weighted by atomic mass is 9.93. The lowest BCUT2D eigenvalue weighted by molar-refractivity contribution is 0.0156. The molecule has 0 spiro atoms. The highest BCUT2D eigenvalue weighted by molar-refractivity contribution is 9.10. The van der Waals surface area contributed by atoms with Gasteiger partial charge in [-0.15, -0.1) is 6.58 Å². The minimum absolute atomic E-state index is 0.0366. The maximum atomic E-state index is 13.0. The zero-order valence-electron chi connectivity index (χ0n) is 18.4. The number of rotatable bonds is 13. The van der Waals surface area contributed by atoms with Gasteiger partial charge in [0.05, 0.1) is 11.0 Å². The molecule has 1 aliphatic carbocycles. The first-order valence-corrected chi connectivity index (χ1v) is 13.2. The van der Waals surface area contributed by atoms with E-state index in [0.29, 0.717) is 9.37 Å². The molecule has 1 saturated carbocycles. The third-order valence-electron chi connectivity index (χ3n) is 5.88. The average Bonchev–Trinajstić information content (AvgIpc) is 2.73. The fraction of sp³-hybridized carbons (Fsp3) is 0.652. The average molecular weight is 502 g/mol. The molecule has 0 heterocycles. The second-order valence-electron chi connectivity index (χ2n) is 8.22. The first-order chi connectivity index (χ1) is 14.4. The summed E-state index contributed by atoms with van der Waals surface area (Å²) in [6.45, 7) is 6.64. The molecular formula is C23H37BrN2O3S. The predicted octanol–water partition coefficient (Wildman–Crippen LogP) is 5.08. The van der Waals surface area contributed by atoms with Gasteiger partial charge < -0.3 is 9.64 Å². The minimum atomic E-state index is -3.49. The van der Waals surface area contributed by atoms with Gasteiger partial charge in [0.15, 0.2) is 0 Å². The SMILES string of the molecule is C=CCN(C)CCCCCCO[C@H]1CC[C@H](N(C)S(=O)(=O)c2ccccc2Br)CC1. The molecule has 0 bridgehead atoms. The van der Waals surface area contributed by atoms with E-state index in [4.69, 9.17) is 4.74 Å². The van der Waals surface area contributed by atoms with E-state index in [0.717, 1.165) is 51.8 Å². The summed E-state index contributed by atoms with van der Waals surface area (Å²) in [7, 11) is 0.339. The maximum absolute atomic E-state index is 13.0. The van der Waals surface area contributed by atoms with Gasteiger partial charge >= 0.3 is 0 Å². The number of halogens is 1. The summed E-state index contributed by atoms with van der Waals surface area (Å²) in [5.41, 5.74) is 0. The Bertz CT molecular complexity index is 749. The van der Waals surface area contributed by atoms with Crippen LogP contribution in [0.15, 0.2) is 46.3 Å². The molecule has 0 aliphatic heterocycles. The number of benzene rings is 1. The predicted molar refractivity (Wildman–Crippen MR) is 127 cm³/mol. The molecule has 5 nitrogen and oxygen atoms in total. The molecule has 0 unspecified atom stereocenters. The number of hydrogen-bond donors (Lipinski definition) is 0. The number of sulfonamides is 1.